The van der Waals surface area contributed by atoms with E-state index in [0.717, 1.165) is 26.1 Å². The lowest BCUT2D eigenvalue weighted by Crippen LogP contribution is -2.31. The minimum Gasteiger partial charge on any atom is -0.369 e. The van der Waals surface area contributed by atoms with Gasteiger partial charge in [0, 0.05) is 24.8 Å². The Morgan fingerprint density at radius 1 is 1.05 bits per heavy atom. The van der Waals surface area contributed by atoms with Gasteiger partial charge in [0.15, 0.2) is 0 Å². The number of aryl methyl sites for hydroxylation is 1. The van der Waals surface area contributed by atoms with Crippen molar-refractivity contribution in [3.05, 3.63) is 65.7 Å². The average molecular weight is 280 g/mol. The molecule has 1 atom stereocenters. The zero-order valence-electron chi connectivity index (χ0n) is 12.8. The van der Waals surface area contributed by atoms with Gasteiger partial charge in [-0.05, 0) is 36.6 Å². The van der Waals surface area contributed by atoms with Crippen LogP contribution in [0.2, 0.25) is 0 Å². The maximum atomic E-state index is 3.69. The molecule has 0 aliphatic carbocycles. The van der Waals surface area contributed by atoms with Crippen LogP contribution >= 0.6 is 0 Å². The summed E-state index contributed by atoms with van der Waals surface area (Å²) < 4.78 is 0. The first-order valence-corrected chi connectivity index (χ1v) is 7.99. The fourth-order valence-corrected chi connectivity index (χ4v) is 3.17. The number of nitrogens with one attached hydrogen (secondary N) is 1. The van der Waals surface area contributed by atoms with Crippen molar-refractivity contribution in [3.63, 3.8) is 0 Å². The van der Waals surface area contributed by atoms with Crippen molar-refractivity contribution >= 4 is 5.69 Å². The monoisotopic (exact) mass is 280 g/mol. The first-order chi connectivity index (χ1) is 10.4. The fourth-order valence-electron chi connectivity index (χ4n) is 3.17. The SMILES string of the molecule is CCc1ccccc1N1CCCNC(c2ccccc2)C1. The second-order valence-electron chi connectivity index (χ2n) is 5.70. The van der Waals surface area contributed by atoms with E-state index in [1.54, 1.807) is 0 Å². The van der Waals surface area contributed by atoms with Crippen molar-refractivity contribution in [3.8, 4) is 0 Å². The maximum Gasteiger partial charge on any atom is 0.0498 e. The second-order valence-corrected chi connectivity index (χ2v) is 5.70. The van der Waals surface area contributed by atoms with Crippen LogP contribution in [-0.2, 0) is 6.42 Å². The molecule has 0 spiro atoms. The van der Waals surface area contributed by atoms with Crippen LogP contribution in [0.1, 0.15) is 30.5 Å². The van der Waals surface area contributed by atoms with E-state index in [9.17, 15) is 0 Å². The average Bonchev–Trinajstić information content (AvgIpc) is 2.81. The van der Waals surface area contributed by atoms with Gasteiger partial charge in [-0.15, -0.1) is 0 Å². The topological polar surface area (TPSA) is 15.3 Å². The molecular weight excluding hydrogens is 256 g/mol. The van der Waals surface area contributed by atoms with Crippen LogP contribution in [0.15, 0.2) is 54.6 Å². The lowest BCUT2D eigenvalue weighted by atomic mass is 10.1. The molecule has 1 unspecified atom stereocenters. The molecule has 0 radical (unpaired) electrons. The Kier molecular flexibility index (Phi) is 4.56. The van der Waals surface area contributed by atoms with Crippen molar-refractivity contribution in [1.29, 1.82) is 0 Å². The molecule has 21 heavy (non-hydrogen) atoms. The molecule has 3 rings (SSSR count). The van der Waals surface area contributed by atoms with Crippen LogP contribution in [0.4, 0.5) is 5.69 Å². The van der Waals surface area contributed by atoms with Gasteiger partial charge in [-0.1, -0.05) is 55.5 Å². The van der Waals surface area contributed by atoms with Gasteiger partial charge in [0.25, 0.3) is 0 Å². The highest BCUT2D eigenvalue weighted by Crippen LogP contribution is 2.25. The minimum atomic E-state index is 0.415. The molecule has 2 nitrogen and oxygen atoms in total. The van der Waals surface area contributed by atoms with Crippen molar-refractivity contribution in [2.75, 3.05) is 24.5 Å². The lowest BCUT2D eigenvalue weighted by molar-refractivity contribution is 0.569. The first kappa shape index (κ1) is 14.2. The van der Waals surface area contributed by atoms with Gasteiger partial charge in [0.2, 0.25) is 0 Å². The Labute approximate surface area is 127 Å². The van der Waals surface area contributed by atoms with Crippen LogP contribution in [0.3, 0.4) is 0 Å². The van der Waals surface area contributed by atoms with Crippen LogP contribution in [0.5, 0.6) is 0 Å². The Hall–Kier alpha value is -1.80. The molecule has 0 amide bonds. The fraction of sp³-hybridized carbons (Fsp3) is 0.368. The molecule has 1 aliphatic heterocycles. The van der Waals surface area contributed by atoms with Gasteiger partial charge in [0.1, 0.15) is 0 Å². The largest absolute Gasteiger partial charge is 0.369 e. The maximum absolute atomic E-state index is 3.69. The van der Waals surface area contributed by atoms with Crippen molar-refractivity contribution in [1.82, 2.24) is 5.32 Å². The second kappa shape index (κ2) is 6.77. The molecule has 0 aromatic heterocycles. The van der Waals surface area contributed by atoms with Crippen LogP contribution in [0, 0.1) is 0 Å². The first-order valence-electron chi connectivity index (χ1n) is 7.99. The normalized spacial score (nSPS) is 19.3. The summed E-state index contributed by atoms with van der Waals surface area (Å²) in [5.74, 6) is 0. The molecule has 1 heterocycles. The molecule has 1 fully saturated rings. The van der Waals surface area contributed by atoms with E-state index >= 15 is 0 Å². The van der Waals surface area contributed by atoms with Gasteiger partial charge in [-0.3, -0.25) is 0 Å². The van der Waals surface area contributed by atoms with Gasteiger partial charge in [-0.25, -0.2) is 0 Å². The van der Waals surface area contributed by atoms with Crippen LogP contribution in [-0.4, -0.2) is 19.6 Å². The number of rotatable bonds is 3. The third-order valence-corrected chi connectivity index (χ3v) is 4.31. The molecule has 110 valence electrons. The van der Waals surface area contributed by atoms with E-state index in [1.807, 2.05) is 0 Å². The van der Waals surface area contributed by atoms with Crippen LogP contribution < -0.4 is 10.2 Å². The minimum absolute atomic E-state index is 0.415. The predicted octanol–water partition coefficient (Wildman–Crippen LogP) is 3.79. The number of nitrogens with zero attached hydrogens (tertiary/aromatic N) is 1. The third-order valence-electron chi connectivity index (χ3n) is 4.31. The number of hydrogen-bond acceptors (Lipinski definition) is 2. The van der Waals surface area contributed by atoms with E-state index in [2.05, 4.69) is 71.7 Å². The molecule has 2 aromatic rings. The summed E-state index contributed by atoms with van der Waals surface area (Å²) in [5.41, 5.74) is 4.24. The van der Waals surface area contributed by atoms with E-state index < -0.39 is 0 Å². The van der Waals surface area contributed by atoms with Gasteiger partial charge in [0.05, 0.1) is 0 Å². The smallest absolute Gasteiger partial charge is 0.0498 e. The van der Waals surface area contributed by atoms with Crippen molar-refractivity contribution in [2.24, 2.45) is 0 Å². The molecule has 1 N–H and O–H groups in total. The number of benzene rings is 2. The Bertz CT molecular complexity index is 565. The summed E-state index contributed by atoms with van der Waals surface area (Å²) in [7, 11) is 0. The Morgan fingerprint density at radius 3 is 2.62 bits per heavy atom. The van der Waals surface area contributed by atoms with Crippen molar-refractivity contribution in [2.45, 2.75) is 25.8 Å². The molecule has 2 heteroatoms. The van der Waals surface area contributed by atoms with E-state index in [1.165, 1.54) is 23.2 Å². The zero-order valence-corrected chi connectivity index (χ0v) is 12.8. The van der Waals surface area contributed by atoms with E-state index in [0.29, 0.717) is 6.04 Å². The standard InChI is InChI=1S/C19H24N2/c1-2-16-9-6-7-12-19(16)21-14-8-13-20-18(15-21)17-10-4-3-5-11-17/h3-7,9-12,18,20H,2,8,13-15H2,1H3. The summed E-state index contributed by atoms with van der Waals surface area (Å²) in [5, 5.41) is 3.69. The highest BCUT2D eigenvalue weighted by atomic mass is 15.2. The molecule has 1 aliphatic rings. The van der Waals surface area contributed by atoms with Gasteiger partial charge >= 0.3 is 0 Å². The number of anilines is 1. The summed E-state index contributed by atoms with van der Waals surface area (Å²) in [6, 6.07) is 20.1. The summed E-state index contributed by atoms with van der Waals surface area (Å²) in [6.45, 7) is 5.50. The van der Waals surface area contributed by atoms with Gasteiger partial charge in [-0.2, -0.15) is 0 Å². The number of hydrogen-bond donors (Lipinski definition) is 1. The quantitative estimate of drug-likeness (QED) is 0.920. The summed E-state index contributed by atoms with van der Waals surface area (Å²) >= 11 is 0. The summed E-state index contributed by atoms with van der Waals surface area (Å²) in [6.07, 6.45) is 2.29. The molecule has 2 aromatic carbocycles. The lowest BCUT2D eigenvalue weighted by Gasteiger charge is -2.28. The summed E-state index contributed by atoms with van der Waals surface area (Å²) in [4.78, 5) is 2.55. The van der Waals surface area contributed by atoms with Crippen molar-refractivity contribution < 1.29 is 0 Å². The van der Waals surface area contributed by atoms with E-state index in [-0.39, 0.29) is 0 Å². The molecule has 1 saturated heterocycles. The van der Waals surface area contributed by atoms with Crippen LogP contribution in [0.25, 0.3) is 0 Å². The highest BCUT2D eigenvalue weighted by Gasteiger charge is 2.20. The third kappa shape index (κ3) is 3.27. The molecular formula is C19H24N2. The molecule has 0 bridgehead atoms. The predicted molar refractivity (Wildman–Crippen MR) is 89.8 cm³/mol. The highest BCUT2D eigenvalue weighted by molar-refractivity contribution is 5.54. The Balaban J connectivity index is 1.85. The number of para-hydroxylation sites is 1. The van der Waals surface area contributed by atoms with Gasteiger partial charge < -0.3 is 10.2 Å². The van der Waals surface area contributed by atoms with E-state index in [4.69, 9.17) is 0 Å². The Morgan fingerprint density at radius 2 is 1.81 bits per heavy atom. The zero-order chi connectivity index (χ0) is 14.5. The molecule has 0 saturated carbocycles.